The molecular weight excluding hydrogens is 395 g/mol. The summed E-state index contributed by atoms with van der Waals surface area (Å²) in [5.74, 6) is -0.657. The van der Waals surface area contributed by atoms with Crippen LogP contribution >= 0.6 is 11.3 Å². The van der Waals surface area contributed by atoms with Gasteiger partial charge in [-0.2, -0.15) is 0 Å². The van der Waals surface area contributed by atoms with Crippen molar-refractivity contribution in [1.82, 2.24) is 9.97 Å². The molecule has 0 saturated carbocycles. The van der Waals surface area contributed by atoms with Crippen molar-refractivity contribution < 1.29 is 18.7 Å². The Balaban J connectivity index is 1.44. The van der Waals surface area contributed by atoms with E-state index in [-0.39, 0.29) is 30.3 Å². The van der Waals surface area contributed by atoms with E-state index < -0.39 is 11.8 Å². The largest absolute Gasteiger partial charge is 0.482 e. The van der Waals surface area contributed by atoms with E-state index in [9.17, 15) is 14.0 Å². The molecule has 2 heterocycles. The van der Waals surface area contributed by atoms with E-state index in [0.717, 1.165) is 11.1 Å². The normalized spacial score (nSPS) is 10.8. The summed E-state index contributed by atoms with van der Waals surface area (Å²) in [6.07, 6.45) is 0. The maximum Gasteiger partial charge on any atom is 0.344 e. The molecule has 4 aromatic rings. The van der Waals surface area contributed by atoms with Gasteiger partial charge in [0.1, 0.15) is 28.8 Å². The fourth-order valence-corrected chi connectivity index (χ4v) is 3.75. The fraction of sp³-hybridized carbons (Fsp3) is 0.0952. The van der Waals surface area contributed by atoms with Gasteiger partial charge in [0.05, 0.1) is 5.39 Å². The summed E-state index contributed by atoms with van der Waals surface area (Å²) < 4.78 is 23.4. The molecule has 0 aliphatic rings. The van der Waals surface area contributed by atoms with E-state index in [1.165, 1.54) is 35.6 Å². The van der Waals surface area contributed by atoms with Gasteiger partial charge in [0.15, 0.2) is 6.61 Å². The summed E-state index contributed by atoms with van der Waals surface area (Å²) in [5, 5.41) is 2.39. The van der Waals surface area contributed by atoms with Crippen molar-refractivity contribution in [3.05, 3.63) is 82.0 Å². The molecule has 146 valence electrons. The van der Waals surface area contributed by atoms with Gasteiger partial charge >= 0.3 is 5.97 Å². The molecule has 0 unspecified atom stereocenters. The predicted octanol–water partition coefficient (Wildman–Crippen LogP) is 3.91. The number of aromatic amines is 1. The lowest BCUT2D eigenvalue weighted by molar-refractivity contribution is -0.147. The van der Waals surface area contributed by atoms with Gasteiger partial charge in [-0.05, 0) is 17.7 Å². The van der Waals surface area contributed by atoms with Crippen LogP contribution in [0.2, 0.25) is 0 Å². The first-order chi connectivity index (χ1) is 14.1. The van der Waals surface area contributed by atoms with Gasteiger partial charge in [0.25, 0.3) is 5.56 Å². The van der Waals surface area contributed by atoms with Crippen molar-refractivity contribution in [2.75, 3.05) is 6.61 Å². The molecule has 0 atom stereocenters. The van der Waals surface area contributed by atoms with E-state index in [1.807, 2.05) is 35.7 Å². The molecule has 0 aliphatic heterocycles. The number of carbonyl (C=O) groups excluding carboxylic acids is 1. The van der Waals surface area contributed by atoms with Crippen molar-refractivity contribution in [3.8, 4) is 16.9 Å². The van der Waals surface area contributed by atoms with E-state index in [1.54, 1.807) is 0 Å². The number of esters is 1. The molecule has 4 rings (SSSR count). The first kappa shape index (κ1) is 18.8. The third-order valence-corrected chi connectivity index (χ3v) is 4.97. The average Bonchev–Trinajstić information content (AvgIpc) is 3.16. The first-order valence-corrected chi connectivity index (χ1v) is 9.58. The highest BCUT2D eigenvalue weighted by Gasteiger charge is 2.14. The summed E-state index contributed by atoms with van der Waals surface area (Å²) in [5.41, 5.74) is 1.45. The molecule has 0 amide bonds. The second kappa shape index (κ2) is 8.24. The van der Waals surface area contributed by atoms with Crippen LogP contribution in [0.25, 0.3) is 21.3 Å². The van der Waals surface area contributed by atoms with Gasteiger partial charge in [-0.15, -0.1) is 11.3 Å². The van der Waals surface area contributed by atoms with Gasteiger partial charge in [0, 0.05) is 17.0 Å². The minimum Gasteiger partial charge on any atom is -0.482 e. The van der Waals surface area contributed by atoms with Crippen LogP contribution in [0.4, 0.5) is 4.39 Å². The van der Waals surface area contributed by atoms with Crippen molar-refractivity contribution in [2.45, 2.75) is 6.61 Å². The fourth-order valence-electron chi connectivity index (χ4n) is 2.78. The molecule has 1 N–H and O–H groups in total. The SMILES string of the molecule is O=C(COc1cccc(F)c1)OCc1nc2scc(-c3ccccc3)c2c(=O)[nH]1. The number of fused-ring (bicyclic) bond motifs is 1. The number of H-pyrrole nitrogens is 1. The Kier molecular flexibility index (Phi) is 5.35. The maximum absolute atomic E-state index is 13.1. The molecule has 8 heteroatoms. The zero-order chi connectivity index (χ0) is 20.2. The zero-order valence-corrected chi connectivity index (χ0v) is 15.9. The number of thiophene rings is 1. The summed E-state index contributed by atoms with van der Waals surface area (Å²) in [6, 6.07) is 15.0. The number of nitrogens with zero attached hydrogens (tertiary/aromatic N) is 1. The number of nitrogens with one attached hydrogen (secondary N) is 1. The molecule has 0 saturated heterocycles. The first-order valence-electron chi connectivity index (χ1n) is 8.70. The molecule has 0 aliphatic carbocycles. The number of hydrogen-bond acceptors (Lipinski definition) is 6. The van der Waals surface area contributed by atoms with Crippen LogP contribution in [0, 0.1) is 5.82 Å². The lowest BCUT2D eigenvalue weighted by atomic mass is 10.1. The second-order valence-electron chi connectivity index (χ2n) is 6.11. The highest BCUT2D eigenvalue weighted by atomic mass is 32.1. The number of rotatable bonds is 6. The number of ether oxygens (including phenoxy) is 2. The Hall–Kier alpha value is -3.52. The van der Waals surface area contributed by atoms with Crippen LogP contribution in [-0.4, -0.2) is 22.5 Å². The molecule has 0 spiro atoms. The third kappa shape index (κ3) is 4.33. The molecule has 0 fully saturated rings. The quantitative estimate of drug-likeness (QED) is 0.488. The van der Waals surface area contributed by atoms with Crippen molar-refractivity contribution in [2.24, 2.45) is 0 Å². The highest BCUT2D eigenvalue weighted by Crippen LogP contribution is 2.30. The van der Waals surface area contributed by atoms with Crippen LogP contribution in [0.15, 0.2) is 64.8 Å². The van der Waals surface area contributed by atoms with Crippen molar-refractivity contribution in [1.29, 1.82) is 0 Å². The van der Waals surface area contributed by atoms with Crippen LogP contribution in [0.1, 0.15) is 5.82 Å². The lowest BCUT2D eigenvalue weighted by Gasteiger charge is -2.07. The molecule has 29 heavy (non-hydrogen) atoms. The molecule has 6 nitrogen and oxygen atoms in total. The smallest absolute Gasteiger partial charge is 0.344 e. The highest BCUT2D eigenvalue weighted by molar-refractivity contribution is 7.17. The van der Waals surface area contributed by atoms with Gasteiger partial charge in [-0.25, -0.2) is 14.2 Å². The molecular formula is C21H15FN2O4S. The summed E-state index contributed by atoms with van der Waals surface area (Å²) in [6.45, 7) is -0.581. The van der Waals surface area contributed by atoms with E-state index in [2.05, 4.69) is 9.97 Å². The number of benzene rings is 2. The van der Waals surface area contributed by atoms with E-state index >= 15 is 0 Å². The Morgan fingerprint density at radius 2 is 1.97 bits per heavy atom. The number of hydrogen-bond donors (Lipinski definition) is 1. The molecule has 2 aromatic carbocycles. The molecule has 2 aromatic heterocycles. The standard InChI is InChI=1S/C21H15FN2O4S/c22-14-7-4-8-15(9-14)27-11-18(25)28-10-17-23-20(26)19-16(12-29-21(19)24-17)13-5-2-1-3-6-13/h1-9,12H,10-11H2,(H,23,24,26). The van der Waals surface area contributed by atoms with Crippen LogP contribution < -0.4 is 10.3 Å². The van der Waals surface area contributed by atoms with Crippen LogP contribution in [0.5, 0.6) is 5.75 Å². The van der Waals surface area contributed by atoms with E-state index in [4.69, 9.17) is 9.47 Å². The minimum atomic E-state index is -0.659. The van der Waals surface area contributed by atoms with E-state index in [0.29, 0.717) is 10.2 Å². The monoisotopic (exact) mass is 410 g/mol. The van der Waals surface area contributed by atoms with Gasteiger partial charge < -0.3 is 14.5 Å². The number of aromatic nitrogens is 2. The summed E-state index contributed by atoms with van der Waals surface area (Å²) >= 11 is 1.35. The topological polar surface area (TPSA) is 81.3 Å². The Morgan fingerprint density at radius 1 is 1.14 bits per heavy atom. The summed E-state index contributed by atoms with van der Waals surface area (Å²) in [7, 11) is 0. The van der Waals surface area contributed by atoms with Crippen molar-refractivity contribution >= 4 is 27.5 Å². The third-order valence-electron chi connectivity index (χ3n) is 4.10. The van der Waals surface area contributed by atoms with Crippen LogP contribution in [0.3, 0.4) is 0 Å². The molecule has 0 radical (unpaired) electrons. The van der Waals surface area contributed by atoms with Crippen molar-refractivity contribution in [3.63, 3.8) is 0 Å². The maximum atomic E-state index is 13.1. The minimum absolute atomic E-state index is 0.199. The second-order valence-corrected chi connectivity index (χ2v) is 6.97. The molecule has 0 bridgehead atoms. The Labute approximate surface area is 168 Å². The lowest BCUT2D eigenvalue weighted by Crippen LogP contribution is -2.17. The predicted molar refractivity (Wildman–Crippen MR) is 107 cm³/mol. The summed E-state index contributed by atoms with van der Waals surface area (Å²) in [4.78, 5) is 32.0. The van der Waals surface area contributed by atoms with Gasteiger partial charge in [-0.3, -0.25) is 4.79 Å². The van der Waals surface area contributed by atoms with Crippen LogP contribution in [-0.2, 0) is 16.1 Å². The van der Waals surface area contributed by atoms with Gasteiger partial charge in [-0.1, -0.05) is 36.4 Å². The van der Waals surface area contributed by atoms with Gasteiger partial charge in [0.2, 0.25) is 0 Å². The zero-order valence-electron chi connectivity index (χ0n) is 15.1. The number of halogens is 1. The number of carbonyl (C=O) groups is 1. The Bertz CT molecular complexity index is 1220. The Morgan fingerprint density at radius 3 is 2.76 bits per heavy atom. The average molecular weight is 410 g/mol.